The number of piperidine rings is 1. The quantitative estimate of drug-likeness (QED) is 0.676. The second-order valence-corrected chi connectivity index (χ2v) is 10.7. The normalized spacial score (nSPS) is 19.8. The van der Waals surface area contributed by atoms with E-state index in [9.17, 15) is 26.4 Å². The molecule has 1 amide bonds. The highest BCUT2D eigenvalue weighted by molar-refractivity contribution is 7.89. The number of halogens is 3. The van der Waals surface area contributed by atoms with Crippen molar-refractivity contribution >= 4 is 15.9 Å². The Morgan fingerprint density at radius 1 is 1.16 bits per heavy atom. The van der Waals surface area contributed by atoms with E-state index in [-0.39, 0.29) is 41.3 Å². The van der Waals surface area contributed by atoms with Crippen molar-refractivity contribution in [2.45, 2.75) is 75.1 Å². The highest BCUT2D eigenvalue weighted by Crippen LogP contribution is 2.38. The third-order valence-corrected chi connectivity index (χ3v) is 8.09. The molecule has 0 aromatic heterocycles. The van der Waals surface area contributed by atoms with E-state index < -0.39 is 21.8 Å². The van der Waals surface area contributed by atoms with Gasteiger partial charge in [-0.15, -0.1) is 0 Å². The molecule has 1 saturated carbocycles. The molecule has 1 aliphatic carbocycles. The van der Waals surface area contributed by atoms with E-state index in [2.05, 4.69) is 0 Å². The van der Waals surface area contributed by atoms with Crippen LogP contribution in [0.15, 0.2) is 29.2 Å². The minimum atomic E-state index is -4.61. The van der Waals surface area contributed by atoms with Crippen LogP contribution in [0.25, 0.3) is 0 Å². The Morgan fingerprint density at radius 2 is 1.74 bits per heavy atom. The predicted molar refractivity (Wildman–Crippen MR) is 111 cm³/mol. The summed E-state index contributed by atoms with van der Waals surface area (Å²) in [7, 11) is -4.08. The van der Waals surface area contributed by atoms with Crippen molar-refractivity contribution in [1.82, 2.24) is 9.21 Å². The summed E-state index contributed by atoms with van der Waals surface area (Å²) in [4.78, 5) is 13.9. The van der Waals surface area contributed by atoms with Crippen LogP contribution < -0.4 is 5.73 Å². The number of alkyl halides is 3. The zero-order chi connectivity index (χ0) is 23.0. The lowest BCUT2D eigenvalue weighted by molar-refractivity contribution is -0.137. The zero-order valence-electron chi connectivity index (χ0n) is 17.8. The lowest BCUT2D eigenvalue weighted by atomic mass is 9.99. The van der Waals surface area contributed by atoms with Crippen LogP contribution >= 0.6 is 0 Å². The summed E-state index contributed by atoms with van der Waals surface area (Å²) in [5.74, 6) is 0.141. The van der Waals surface area contributed by atoms with Crippen LogP contribution in [0.2, 0.25) is 0 Å². The maximum Gasteiger partial charge on any atom is 0.416 e. The maximum atomic E-state index is 13.3. The van der Waals surface area contributed by atoms with E-state index in [1.54, 1.807) is 4.90 Å². The number of likely N-dealkylation sites (tertiary alicyclic amines) is 1. The molecule has 2 aliphatic rings. The summed E-state index contributed by atoms with van der Waals surface area (Å²) in [6.45, 7) is 4.73. The Morgan fingerprint density at radius 3 is 2.26 bits per heavy atom. The highest BCUT2D eigenvalue weighted by atomic mass is 32.2. The van der Waals surface area contributed by atoms with Gasteiger partial charge >= 0.3 is 6.18 Å². The summed E-state index contributed by atoms with van der Waals surface area (Å²) < 4.78 is 67.2. The number of hydrogen-bond donors (Lipinski definition) is 1. The van der Waals surface area contributed by atoms with Gasteiger partial charge in [0.2, 0.25) is 15.9 Å². The molecule has 0 bridgehead atoms. The number of nitrogens with two attached hydrogens (primary N) is 1. The van der Waals surface area contributed by atoms with Gasteiger partial charge in [0.05, 0.1) is 10.5 Å². The van der Waals surface area contributed by atoms with Crippen LogP contribution in [-0.2, 0) is 21.0 Å². The Hall–Kier alpha value is -1.65. The van der Waals surface area contributed by atoms with Crippen molar-refractivity contribution in [1.29, 1.82) is 0 Å². The number of amides is 1. The van der Waals surface area contributed by atoms with Crippen LogP contribution in [0.3, 0.4) is 0 Å². The monoisotopic (exact) mass is 461 g/mol. The fourth-order valence-corrected chi connectivity index (χ4v) is 5.89. The molecule has 0 radical (unpaired) electrons. The molecule has 1 heterocycles. The summed E-state index contributed by atoms with van der Waals surface area (Å²) in [6, 6.07) is 3.15. The third kappa shape index (κ3) is 5.59. The predicted octanol–water partition coefficient (Wildman–Crippen LogP) is 3.22. The van der Waals surface area contributed by atoms with E-state index >= 15 is 0 Å². The Balaban J connectivity index is 1.73. The number of carbonyl (C=O) groups excluding carboxylic acids is 1. The molecule has 1 aliphatic heterocycles. The molecule has 1 saturated heterocycles. The summed E-state index contributed by atoms with van der Waals surface area (Å²) in [6.07, 6.45) is -2.06. The van der Waals surface area contributed by atoms with Crippen molar-refractivity contribution in [3.05, 3.63) is 29.8 Å². The largest absolute Gasteiger partial charge is 0.416 e. The van der Waals surface area contributed by atoms with Gasteiger partial charge in [-0.1, -0.05) is 19.9 Å². The minimum Gasteiger partial charge on any atom is -0.343 e. The molecule has 10 heteroatoms. The second kappa shape index (κ2) is 9.07. The van der Waals surface area contributed by atoms with Gasteiger partial charge in [-0.3, -0.25) is 4.79 Å². The fraction of sp³-hybridized carbons (Fsp3) is 0.667. The summed E-state index contributed by atoms with van der Waals surface area (Å²) in [5.41, 5.74) is 5.02. The topological polar surface area (TPSA) is 83.7 Å². The van der Waals surface area contributed by atoms with Gasteiger partial charge in [0, 0.05) is 37.6 Å². The standard InChI is InChI=1S/C21H30F3N3O3S/c1-14(2)19(25)13-20(28)26-10-8-17(9-11-26)27(16-6-7-16)31(29,30)18-5-3-4-15(12-18)21(22,23)24/h3-5,12,14,16-17,19H,6-11,13,25H2,1-2H3/t19-/m0/s1. The zero-order valence-corrected chi connectivity index (χ0v) is 18.6. The van der Waals surface area contributed by atoms with Crippen molar-refractivity contribution in [3.63, 3.8) is 0 Å². The number of nitrogens with zero attached hydrogens (tertiary/aromatic N) is 2. The molecule has 6 nitrogen and oxygen atoms in total. The van der Waals surface area contributed by atoms with Crippen molar-refractivity contribution in [2.24, 2.45) is 11.7 Å². The fourth-order valence-electron chi connectivity index (χ4n) is 3.91. The molecule has 0 spiro atoms. The molecule has 31 heavy (non-hydrogen) atoms. The molecule has 174 valence electrons. The van der Waals surface area contributed by atoms with Gasteiger partial charge in [-0.25, -0.2) is 8.42 Å². The summed E-state index contributed by atoms with van der Waals surface area (Å²) in [5, 5.41) is 0. The third-order valence-electron chi connectivity index (χ3n) is 6.09. The van der Waals surface area contributed by atoms with Crippen molar-refractivity contribution < 1.29 is 26.4 Å². The minimum absolute atomic E-state index is 0.0432. The van der Waals surface area contributed by atoms with E-state index in [4.69, 9.17) is 5.73 Å². The number of hydrogen-bond acceptors (Lipinski definition) is 4. The lowest BCUT2D eigenvalue weighted by Crippen LogP contribution is -2.50. The molecular formula is C21H30F3N3O3S. The molecular weight excluding hydrogens is 431 g/mol. The van der Waals surface area contributed by atoms with Crippen molar-refractivity contribution in [3.8, 4) is 0 Å². The first kappa shape index (κ1) is 24.0. The van der Waals surface area contributed by atoms with Gasteiger partial charge in [-0.05, 0) is 49.8 Å². The number of carbonyl (C=O) groups is 1. The average molecular weight is 462 g/mol. The van der Waals surface area contributed by atoms with Crippen molar-refractivity contribution in [2.75, 3.05) is 13.1 Å². The van der Waals surface area contributed by atoms with E-state index in [0.29, 0.717) is 44.8 Å². The second-order valence-electron chi connectivity index (χ2n) is 8.82. The van der Waals surface area contributed by atoms with E-state index in [0.717, 1.165) is 12.1 Å². The first-order valence-electron chi connectivity index (χ1n) is 10.7. The SMILES string of the molecule is CC(C)[C@@H](N)CC(=O)N1CCC(N(C2CC2)S(=O)(=O)c2cccc(C(F)(F)F)c2)CC1. The van der Waals surface area contributed by atoms with Gasteiger partial charge in [0.1, 0.15) is 0 Å². The molecule has 1 atom stereocenters. The van der Waals surface area contributed by atoms with Gasteiger partial charge in [0.15, 0.2) is 0 Å². The maximum absolute atomic E-state index is 13.3. The van der Waals surface area contributed by atoms with E-state index in [1.807, 2.05) is 13.8 Å². The molecule has 2 N–H and O–H groups in total. The molecule has 3 rings (SSSR count). The first-order chi connectivity index (χ1) is 14.4. The highest BCUT2D eigenvalue weighted by Gasteiger charge is 2.44. The van der Waals surface area contributed by atoms with Gasteiger partial charge < -0.3 is 10.6 Å². The number of rotatable bonds is 7. The first-order valence-corrected chi connectivity index (χ1v) is 12.1. The number of benzene rings is 1. The van der Waals surface area contributed by atoms with Crippen LogP contribution in [-0.4, -0.2) is 54.7 Å². The average Bonchev–Trinajstić information content (AvgIpc) is 3.52. The van der Waals surface area contributed by atoms with Gasteiger partial charge in [-0.2, -0.15) is 17.5 Å². The van der Waals surface area contributed by atoms with Crippen LogP contribution in [0.4, 0.5) is 13.2 Å². The van der Waals surface area contributed by atoms with Gasteiger partial charge in [0.25, 0.3) is 0 Å². The smallest absolute Gasteiger partial charge is 0.343 e. The molecule has 2 fully saturated rings. The lowest BCUT2D eigenvalue weighted by Gasteiger charge is -2.38. The van der Waals surface area contributed by atoms with E-state index in [1.165, 1.54) is 10.4 Å². The molecule has 1 aromatic carbocycles. The Bertz CT molecular complexity index is 893. The Kier molecular flexibility index (Phi) is 7.02. The molecule has 1 aromatic rings. The van der Waals surface area contributed by atoms with Crippen LogP contribution in [0, 0.1) is 5.92 Å². The summed E-state index contributed by atoms with van der Waals surface area (Å²) >= 11 is 0. The molecule has 0 unspecified atom stereocenters. The number of sulfonamides is 1. The Labute approximate surface area is 181 Å². The van der Waals surface area contributed by atoms with Crippen LogP contribution in [0.5, 0.6) is 0 Å². The van der Waals surface area contributed by atoms with Crippen LogP contribution in [0.1, 0.15) is 51.5 Å².